The second kappa shape index (κ2) is 6.29. The van der Waals surface area contributed by atoms with Gasteiger partial charge in [0.1, 0.15) is 17.4 Å². The number of halogens is 2. The summed E-state index contributed by atoms with van der Waals surface area (Å²) in [5.41, 5.74) is 6.21. The van der Waals surface area contributed by atoms with Crippen molar-refractivity contribution in [2.45, 2.75) is 19.5 Å². The number of rotatable bonds is 3. The van der Waals surface area contributed by atoms with E-state index in [2.05, 4.69) is 0 Å². The predicted octanol–water partition coefficient (Wildman–Crippen LogP) is 2.90. The topological polar surface area (TPSA) is 86.9 Å². The number of carbonyl (C=O) groups excluding carboxylic acids is 2. The molecule has 3 N–H and O–H groups in total. The van der Waals surface area contributed by atoms with E-state index in [4.69, 9.17) is 5.73 Å². The van der Waals surface area contributed by atoms with Crippen molar-refractivity contribution in [2.75, 3.05) is 11.9 Å². The van der Waals surface area contributed by atoms with Crippen LogP contribution in [0.4, 0.5) is 19.3 Å². The second-order valence-electron chi connectivity index (χ2n) is 6.18. The van der Waals surface area contributed by atoms with E-state index >= 15 is 0 Å². The lowest BCUT2D eigenvalue weighted by Crippen LogP contribution is -2.46. The normalized spacial score (nSPS) is 16.6. The molecule has 3 rings (SSSR count). The van der Waals surface area contributed by atoms with Crippen molar-refractivity contribution in [3.63, 3.8) is 0 Å². The molecular weight excluding hydrogens is 344 g/mol. The highest BCUT2D eigenvalue weighted by Gasteiger charge is 2.34. The molecule has 0 spiro atoms. The van der Waals surface area contributed by atoms with Gasteiger partial charge in [0.15, 0.2) is 0 Å². The fraction of sp³-hybridized carbons (Fsp3) is 0.222. The highest BCUT2D eigenvalue weighted by Crippen LogP contribution is 2.37. The summed E-state index contributed by atoms with van der Waals surface area (Å²) in [6.07, 6.45) is 0. The van der Waals surface area contributed by atoms with E-state index in [1.54, 1.807) is 26.1 Å². The lowest BCUT2D eigenvalue weighted by atomic mass is 9.98. The maximum Gasteiger partial charge on any atom is 0.325 e. The zero-order valence-corrected chi connectivity index (χ0v) is 14.2. The van der Waals surface area contributed by atoms with Crippen LogP contribution in [0.25, 0.3) is 0 Å². The molecule has 0 saturated heterocycles. The molecule has 0 radical (unpaired) electrons. The average molecular weight is 361 g/mol. The lowest BCUT2D eigenvalue weighted by Gasteiger charge is -2.39. The van der Waals surface area contributed by atoms with E-state index in [0.717, 1.165) is 17.7 Å². The number of fused-ring (bicyclic) bond motifs is 1. The summed E-state index contributed by atoms with van der Waals surface area (Å²) in [5, 5.41) is 9.29. The van der Waals surface area contributed by atoms with E-state index in [1.165, 1.54) is 15.9 Å². The molecule has 26 heavy (non-hydrogen) atoms. The van der Waals surface area contributed by atoms with Gasteiger partial charge in [0.25, 0.3) is 0 Å². The molecule has 0 fully saturated rings. The lowest BCUT2D eigenvalue weighted by molar-refractivity contribution is 0.1000. The van der Waals surface area contributed by atoms with Crippen LogP contribution in [0.5, 0.6) is 5.75 Å². The number of phenols is 1. The Bertz CT molecular complexity index is 894. The number of anilines is 1. The van der Waals surface area contributed by atoms with Crippen molar-refractivity contribution in [1.82, 2.24) is 4.90 Å². The Morgan fingerprint density at radius 3 is 2.42 bits per heavy atom. The molecule has 0 bridgehead atoms. The van der Waals surface area contributed by atoms with Crippen LogP contribution in [0.15, 0.2) is 30.3 Å². The van der Waals surface area contributed by atoms with Gasteiger partial charge in [-0.1, -0.05) is 6.07 Å². The molecule has 8 heteroatoms. The van der Waals surface area contributed by atoms with Gasteiger partial charge >= 0.3 is 6.03 Å². The molecule has 6 nitrogen and oxygen atoms in total. The van der Waals surface area contributed by atoms with Crippen molar-refractivity contribution >= 4 is 17.6 Å². The molecule has 1 aliphatic rings. The smallest absolute Gasteiger partial charge is 0.325 e. The minimum Gasteiger partial charge on any atom is -0.508 e. The minimum absolute atomic E-state index is 0.185. The predicted molar refractivity (Wildman–Crippen MR) is 90.7 cm³/mol. The third kappa shape index (κ3) is 2.83. The van der Waals surface area contributed by atoms with E-state index in [9.17, 15) is 23.5 Å². The number of nitrogens with zero attached hydrogens (tertiary/aromatic N) is 2. The van der Waals surface area contributed by atoms with Crippen LogP contribution >= 0.6 is 0 Å². The summed E-state index contributed by atoms with van der Waals surface area (Å²) in [7, 11) is 1.58. The van der Waals surface area contributed by atoms with Crippen LogP contribution < -0.4 is 10.6 Å². The Morgan fingerprint density at radius 2 is 1.85 bits per heavy atom. The average Bonchev–Trinajstić information content (AvgIpc) is 2.58. The van der Waals surface area contributed by atoms with Gasteiger partial charge < -0.3 is 15.7 Å². The molecule has 1 heterocycles. The molecule has 2 aromatic rings. The first-order valence-electron chi connectivity index (χ1n) is 7.85. The number of aromatic hydroxyl groups is 1. The number of urea groups is 1. The third-order valence-electron chi connectivity index (χ3n) is 4.61. The van der Waals surface area contributed by atoms with Gasteiger partial charge in [-0.3, -0.25) is 9.69 Å². The van der Waals surface area contributed by atoms with Gasteiger partial charge in [-0.05, 0) is 24.6 Å². The Hall–Kier alpha value is -3.16. The van der Waals surface area contributed by atoms with Gasteiger partial charge in [0, 0.05) is 30.3 Å². The van der Waals surface area contributed by atoms with E-state index in [-0.39, 0.29) is 17.2 Å². The summed E-state index contributed by atoms with van der Waals surface area (Å²) < 4.78 is 28.2. The molecule has 136 valence electrons. The van der Waals surface area contributed by atoms with Crippen molar-refractivity contribution < 1.29 is 23.5 Å². The van der Waals surface area contributed by atoms with Gasteiger partial charge in [-0.15, -0.1) is 0 Å². The van der Waals surface area contributed by atoms with Crippen LogP contribution in [-0.2, 0) is 6.54 Å². The Morgan fingerprint density at radius 1 is 1.23 bits per heavy atom. The zero-order valence-electron chi connectivity index (χ0n) is 14.2. The van der Waals surface area contributed by atoms with Crippen molar-refractivity contribution in [2.24, 2.45) is 5.73 Å². The minimum atomic E-state index is -0.968. The van der Waals surface area contributed by atoms with Gasteiger partial charge in [0.05, 0.1) is 18.3 Å². The zero-order chi connectivity index (χ0) is 19.2. The molecule has 0 saturated carbocycles. The fourth-order valence-corrected chi connectivity index (χ4v) is 3.00. The van der Waals surface area contributed by atoms with E-state index in [0.29, 0.717) is 5.69 Å². The first-order chi connectivity index (χ1) is 12.2. The molecule has 0 aliphatic carbocycles. The summed E-state index contributed by atoms with van der Waals surface area (Å²) in [4.78, 5) is 26.8. The Kier molecular flexibility index (Phi) is 4.27. The number of benzene rings is 2. The van der Waals surface area contributed by atoms with E-state index in [1.807, 2.05) is 0 Å². The molecular formula is C18H17F2N3O3. The quantitative estimate of drug-likeness (QED) is 0.881. The van der Waals surface area contributed by atoms with Crippen molar-refractivity contribution in [3.8, 4) is 5.75 Å². The number of amides is 3. The fourth-order valence-electron chi connectivity index (χ4n) is 3.00. The molecule has 3 amide bonds. The first kappa shape index (κ1) is 17.7. The number of hydrogen-bond acceptors (Lipinski definition) is 3. The third-order valence-corrected chi connectivity index (χ3v) is 4.61. The number of nitrogens with two attached hydrogens (primary N) is 1. The molecule has 1 aliphatic heterocycles. The monoisotopic (exact) mass is 361 g/mol. The summed E-state index contributed by atoms with van der Waals surface area (Å²) in [6, 6.07) is 5.44. The largest absolute Gasteiger partial charge is 0.508 e. The molecule has 2 aromatic carbocycles. The number of carbonyl (C=O) groups is 2. The van der Waals surface area contributed by atoms with E-state index < -0.39 is 35.9 Å². The maximum atomic E-state index is 14.1. The first-order valence-corrected chi connectivity index (χ1v) is 7.85. The number of primary amides is 1. The maximum absolute atomic E-state index is 14.1. The summed E-state index contributed by atoms with van der Waals surface area (Å²) >= 11 is 0. The highest BCUT2D eigenvalue weighted by atomic mass is 19.1. The van der Waals surface area contributed by atoms with Crippen molar-refractivity contribution in [1.29, 1.82) is 0 Å². The SMILES string of the molecule is CC1c2ccc(C(N)=O)cc2N(Cc2c(F)cc(O)cc2F)C(=O)N1C. The highest BCUT2D eigenvalue weighted by molar-refractivity contribution is 5.99. The summed E-state index contributed by atoms with van der Waals surface area (Å²) in [6.45, 7) is 1.41. The Labute approximate surface area is 148 Å². The number of phenolic OH excluding ortho intramolecular Hbond substituents is 1. The van der Waals surface area contributed by atoms with Crippen molar-refractivity contribution in [3.05, 3.63) is 58.7 Å². The second-order valence-corrected chi connectivity index (χ2v) is 6.18. The van der Waals surface area contributed by atoms with Crippen LogP contribution in [0.3, 0.4) is 0 Å². The summed E-state index contributed by atoms with van der Waals surface area (Å²) in [5.74, 6) is -3.15. The van der Waals surface area contributed by atoms with Crippen LogP contribution in [0.1, 0.15) is 34.5 Å². The molecule has 1 unspecified atom stereocenters. The van der Waals surface area contributed by atoms with Gasteiger partial charge in [-0.25, -0.2) is 13.6 Å². The van der Waals surface area contributed by atoms with Crippen LogP contribution in [0.2, 0.25) is 0 Å². The standard InChI is InChI=1S/C18H17F2N3O3/c1-9-12-4-3-10(17(21)25)5-16(12)23(18(26)22(9)2)8-13-14(19)6-11(24)7-15(13)20/h3-7,9,24H,8H2,1-2H3,(H2,21,25). The Balaban J connectivity index is 2.12. The molecule has 1 atom stereocenters. The van der Waals surface area contributed by atoms with Crippen LogP contribution in [0, 0.1) is 11.6 Å². The van der Waals surface area contributed by atoms with Gasteiger partial charge in [0.2, 0.25) is 5.91 Å². The van der Waals surface area contributed by atoms with Gasteiger partial charge in [-0.2, -0.15) is 0 Å². The molecule has 0 aromatic heterocycles. The number of hydrogen-bond donors (Lipinski definition) is 2. The van der Waals surface area contributed by atoms with Crippen LogP contribution in [-0.4, -0.2) is 29.0 Å².